The van der Waals surface area contributed by atoms with E-state index in [2.05, 4.69) is 25.4 Å². The minimum absolute atomic E-state index is 0.0576. The molecule has 13 heteroatoms. The van der Waals surface area contributed by atoms with E-state index >= 15 is 0 Å². The standard InChI is InChI=1S/C28H36ClN7O5/c1-30-24(37)17-41-23-13-19-12-20(14-22(39-3)25(19)34(2)27(23)38)32-26-21(29)15-31-28(33-26)36-6-4-18(5-7-36)16-35-8-10-40-11-9-35/h12-15,18H,4-11,16-17H2,1-3H3,(H,30,37)(H,31,32,33). The summed E-state index contributed by atoms with van der Waals surface area (Å²) in [6.07, 6.45) is 3.77. The third-order valence-corrected chi connectivity index (χ3v) is 7.89. The molecular formula is C28H36ClN7O5. The summed E-state index contributed by atoms with van der Waals surface area (Å²) in [5, 5.41) is 6.82. The van der Waals surface area contributed by atoms with Crippen molar-refractivity contribution in [1.82, 2.24) is 24.8 Å². The van der Waals surface area contributed by atoms with Gasteiger partial charge in [0.1, 0.15) is 10.8 Å². The number of carbonyl (C=O) groups is 1. The number of aryl methyl sites for hydroxylation is 1. The Kier molecular flexibility index (Phi) is 9.11. The molecule has 12 nitrogen and oxygen atoms in total. The number of nitrogens with one attached hydrogen (secondary N) is 2. The van der Waals surface area contributed by atoms with Gasteiger partial charge in [-0.1, -0.05) is 11.6 Å². The molecule has 4 heterocycles. The van der Waals surface area contributed by atoms with E-state index in [0.29, 0.717) is 45.0 Å². The number of carbonyl (C=O) groups excluding carboxylic acids is 1. The first-order valence-corrected chi connectivity index (χ1v) is 14.1. The van der Waals surface area contributed by atoms with Crippen molar-refractivity contribution in [3.8, 4) is 11.5 Å². The number of likely N-dealkylation sites (N-methyl/N-ethyl adjacent to an activating group) is 1. The highest BCUT2D eigenvalue weighted by molar-refractivity contribution is 6.32. The highest BCUT2D eigenvalue weighted by Crippen LogP contribution is 2.33. The van der Waals surface area contributed by atoms with Crippen molar-refractivity contribution < 1.29 is 19.0 Å². The normalized spacial score (nSPS) is 16.5. The lowest BCUT2D eigenvalue weighted by molar-refractivity contribution is -0.122. The van der Waals surface area contributed by atoms with Gasteiger partial charge in [0.15, 0.2) is 18.2 Å². The van der Waals surface area contributed by atoms with E-state index in [4.69, 9.17) is 30.8 Å². The van der Waals surface area contributed by atoms with Gasteiger partial charge in [0, 0.05) is 64.0 Å². The van der Waals surface area contributed by atoms with Crippen molar-refractivity contribution >= 4 is 45.9 Å². The maximum atomic E-state index is 12.9. The highest BCUT2D eigenvalue weighted by atomic mass is 35.5. The summed E-state index contributed by atoms with van der Waals surface area (Å²) >= 11 is 6.51. The number of aromatic nitrogens is 3. The molecule has 0 aliphatic carbocycles. The van der Waals surface area contributed by atoms with Crippen LogP contribution in [0.3, 0.4) is 0 Å². The van der Waals surface area contributed by atoms with Crippen LogP contribution in [0.4, 0.5) is 17.5 Å². The van der Waals surface area contributed by atoms with Crippen LogP contribution in [0.2, 0.25) is 5.02 Å². The van der Waals surface area contributed by atoms with Crippen LogP contribution < -0.4 is 30.6 Å². The zero-order chi connectivity index (χ0) is 28.9. The maximum absolute atomic E-state index is 12.9. The van der Waals surface area contributed by atoms with Gasteiger partial charge in [-0.05, 0) is 30.9 Å². The average molecular weight is 586 g/mol. The number of hydrogen-bond acceptors (Lipinski definition) is 10. The van der Waals surface area contributed by atoms with E-state index in [1.165, 1.54) is 18.7 Å². The maximum Gasteiger partial charge on any atom is 0.293 e. The number of methoxy groups -OCH3 is 1. The van der Waals surface area contributed by atoms with E-state index in [1.54, 1.807) is 25.4 Å². The molecule has 2 saturated heterocycles. The zero-order valence-electron chi connectivity index (χ0n) is 23.6. The van der Waals surface area contributed by atoms with Gasteiger partial charge in [-0.3, -0.25) is 14.5 Å². The number of morpholine rings is 1. The van der Waals surface area contributed by atoms with Crippen molar-refractivity contribution in [2.45, 2.75) is 12.8 Å². The van der Waals surface area contributed by atoms with E-state index in [-0.39, 0.29) is 23.8 Å². The van der Waals surface area contributed by atoms with Gasteiger partial charge in [0.2, 0.25) is 5.95 Å². The van der Waals surface area contributed by atoms with Crippen molar-refractivity contribution in [2.24, 2.45) is 13.0 Å². The van der Waals surface area contributed by atoms with Crippen molar-refractivity contribution in [3.63, 3.8) is 0 Å². The molecule has 2 fully saturated rings. The molecule has 0 spiro atoms. The van der Waals surface area contributed by atoms with Gasteiger partial charge in [0.05, 0.1) is 32.0 Å². The van der Waals surface area contributed by atoms with Gasteiger partial charge in [-0.15, -0.1) is 0 Å². The molecule has 2 N–H and O–H groups in total. The van der Waals surface area contributed by atoms with Crippen molar-refractivity contribution in [2.75, 3.05) is 76.9 Å². The lowest BCUT2D eigenvalue weighted by atomic mass is 9.96. The Labute approximate surface area is 243 Å². The number of piperidine rings is 1. The summed E-state index contributed by atoms with van der Waals surface area (Å²) in [6, 6.07) is 5.23. The van der Waals surface area contributed by atoms with E-state index in [9.17, 15) is 9.59 Å². The molecule has 2 aliphatic heterocycles. The second-order valence-electron chi connectivity index (χ2n) is 10.3. The predicted octanol–water partition coefficient (Wildman–Crippen LogP) is 2.41. The van der Waals surface area contributed by atoms with Gasteiger partial charge < -0.3 is 34.3 Å². The number of rotatable bonds is 9. The summed E-state index contributed by atoms with van der Waals surface area (Å²) in [7, 11) is 4.67. The number of fused-ring (bicyclic) bond motifs is 1. The largest absolute Gasteiger partial charge is 0.494 e. The molecule has 0 atom stereocenters. The number of amides is 1. The van der Waals surface area contributed by atoms with Gasteiger partial charge in [-0.2, -0.15) is 4.98 Å². The second-order valence-corrected chi connectivity index (χ2v) is 10.7. The monoisotopic (exact) mass is 585 g/mol. The molecule has 3 aromatic rings. The molecule has 0 radical (unpaired) electrons. The Morgan fingerprint density at radius 1 is 1.15 bits per heavy atom. The lowest BCUT2D eigenvalue weighted by Crippen LogP contribution is -2.43. The fourth-order valence-corrected chi connectivity index (χ4v) is 5.45. The first kappa shape index (κ1) is 28.9. The van der Waals surface area contributed by atoms with E-state index in [0.717, 1.165) is 58.8 Å². The first-order valence-electron chi connectivity index (χ1n) is 13.8. The van der Waals surface area contributed by atoms with Crippen LogP contribution in [-0.4, -0.2) is 92.0 Å². The molecule has 220 valence electrons. The molecule has 2 aromatic heterocycles. The molecule has 1 amide bonds. The minimum Gasteiger partial charge on any atom is -0.494 e. The molecule has 5 rings (SSSR count). The Morgan fingerprint density at radius 3 is 2.61 bits per heavy atom. The molecule has 1 aromatic carbocycles. The van der Waals surface area contributed by atoms with E-state index in [1.807, 2.05) is 6.07 Å². The predicted molar refractivity (Wildman–Crippen MR) is 158 cm³/mol. The molecular weight excluding hydrogens is 550 g/mol. The molecule has 2 aliphatic rings. The minimum atomic E-state index is -0.377. The zero-order valence-corrected chi connectivity index (χ0v) is 24.4. The smallest absolute Gasteiger partial charge is 0.293 e. The third kappa shape index (κ3) is 6.66. The fraction of sp³-hybridized carbons (Fsp3) is 0.500. The van der Waals surface area contributed by atoms with Crippen LogP contribution >= 0.6 is 11.6 Å². The summed E-state index contributed by atoms with van der Waals surface area (Å²) in [4.78, 5) is 38.5. The molecule has 0 unspecified atom stereocenters. The first-order chi connectivity index (χ1) is 19.9. The van der Waals surface area contributed by atoms with Crippen LogP contribution in [0.1, 0.15) is 12.8 Å². The van der Waals surface area contributed by atoms with Crippen LogP contribution in [0.25, 0.3) is 10.9 Å². The van der Waals surface area contributed by atoms with Crippen LogP contribution in [-0.2, 0) is 16.6 Å². The molecule has 0 bridgehead atoms. The SMILES string of the molecule is CNC(=O)COc1cc2cc(Nc3nc(N4CCC(CN5CCOCC5)CC4)ncc3Cl)cc(OC)c2n(C)c1=O. The number of anilines is 3. The number of halogens is 1. The summed E-state index contributed by atoms with van der Waals surface area (Å²) < 4.78 is 18.0. The number of pyridine rings is 1. The van der Waals surface area contributed by atoms with E-state index < -0.39 is 0 Å². The molecule has 41 heavy (non-hydrogen) atoms. The van der Waals surface area contributed by atoms with Crippen LogP contribution in [0.15, 0.2) is 29.2 Å². The van der Waals surface area contributed by atoms with Gasteiger partial charge >= 0.3 is 0 Å². The number of ether oxygens (including phenoxy) is 3. The summed E-state index contributed by atoms with van der Waals surface area (Å²) in [5.41, 5.74) is 0.864. The Morgan fingerprint density at radius 2 is 1.90 bits per heavy atom. The average Bonchev–Trinajstić information content (AvgIpc) is 2.99. The van der Waals surface area contributed by atoms with Crippen LogP contribution in [0, 0.1) is 5.92 Å². The number of benzene rings is 1. The van der Waals surface area contributed by atoms with Crippen molar-refractivity contribution in [1.29, 1.82) is 0 Å². The molecule has 0 saturated carbocycles. The quantitative estimate of drug-likeness (QED) is 0.387. The summed E-state index contributed by atoms with van der Waals surface area (Å²) in [5.74, 6) is 1.95. The van der Waals surface area contributed by atoms with Gasteiger partial charge in [-0.25, -0.2) is 4.98 Å². The van der Waals surface area contributed by atoms with Gasteiger partial charge in [0.25, 0.3) is 11.5 Å². The Hall–Kier alpha value is -3.61. The lowest BCUT2D eigenvalue weighted by Gasteiger charge is -2.36. The summed E-state index contributed by atoms with van der Waals surface area (Å²) in [6.45, 7) is 6.27. The number of nitrogens with zero attached hydrogens (tertiary/aromatic N) is 5. The highest BCUT2D eigenvalue weighted by Gasteiger charge is 2.24. The number of hydrogen-bond donors (Lipinski definition) is 2. The van der Waals surface area contributed by atoms with Crippen LogP contribution in [0.5, 0.6) is 11.5 Å². The topological polar surface area (TPSA) is 123 Å². The second kappa shape index (κ2) is 12.9. The Balaban J connectivity index is 1.34. The fourth-order valence-electron chi connectivity index (χ4n) is 5.31. The third-order valence-electron chi connectivity index (χ3n) is 7.61. The Bertz CT molecular complexity index is 1450. The van der Waals surface area contributed by atoms with Crippen molar-refractivity contribution in [3.05, 3.63) is 39.8 Å².